The number of thioether (sulfide) groups is 1. The third-order valence-corrected chi connectivity index (χ3v) is 5.25. The van der Waals surface area contributed by atoms with Gasteiger partial charge in [-0.15, -0.1) is 11.8 Å². The van der Waals surface area contributed by atoms with Crippen molar-refractivity contribution in [3.63, 3.8) is 0 Å². The Bertz CT molecular complexity index is 964. The van der Waals surface area contributed by atoms with E-state index in [1.165, 1.54) is 24.2 Å². The number of hydrazone groups is 2. The van der Waals surface area contributed by atoms with E-state index in [0.29, 0.717) is 11.1 Å². The van der Waals surface area contributed by atoms with Crippen molar-refractivity contribution >= 4 is 36.0 Å². The summed E-state index contributed by atoms with van der Waals surface area (Å²) in [5.74, 6) is -0.675. The minimum absolute atomic E-state index is 0.337. The summed E-state index contributed by atoms with van der Waals surface area (Å²) in [6, 6.07) is 17.6. The maximum atomic E-state index is 12.2. The first-order valence-corrected chi connectivity index (χ1v) is 10.2. The molecule has 2 N–H and O–H groups in total. The van der Waals surface area contributed by atoms with Gasteiger partial charge in [-0.2, -0.15) is 20.7 Å². The molecule has 2 rings (SSSR count). The summed E-state index contributed by atoms with van der Waals surface area (Å²) in [7, 11) is 0. The Labute approximate surface area is 184 Å². The molecule has 0 radical (unpaired) electrons. The van der Waals surface area contributed by atoms with E-state index in [-0.39, 0.29) is 11.8 Å². The molecule has 0 aliphatic carbocycles. The van der Waals surface area contributed by atoms with Crippen LogP contribution in [-0.4, -0.2) is 34.7 Å². The van der Waals surface area contributed by atoms with Crippen molar-refractivity contribution in [3.8, 4) is 12.1 Å². The van der Waals surface area contributed by atoms with Crippen molar-refractivity contribution in [2.45, 2.75) is 24.3 Å². The third-order valence-electron chi connectivity index (χ3n) is 4.00. The normalized spacial score (nSPS) is 12.6. The van der Waals surface area contributed by atoms with Gasteiger partial charge < -0.3 is 0 Å². The molecule has 0 aromatic heterocycles. The molecule has 31 heavy (non-hydrogen) atoms. The summed E-state index contributed by atoms with van der Waals surface area (Å²) in [4.78, 5) is 24.3. The van der Waals surface area contributed by atoms with E-state index in [1.54, 1.807) is 62.4 Å². The van der Waals surface area contributed by atoms with Gasteiger partial charge in [0, 0.05) is 0 Å². The lowest BCUT2D eigenvalue weighted by molar-refractivity contribution is -0.120. The zero-order chi connectivity index (χ0) is 22.6. The van der Waals surface area contributed by atoms with Gasteiger partial charge in [0.05, 0.1) is 46.2 Å². The van der Waals surface area contributed by atoms with Crippen molar-refractivity contribution < 1.29 is 9.59 Å². The van der Waals surface area contributed by atoms with Crippen molar-refractivity contribution in [1.29, 1.82) is 10.5 Å². The predicted octanol–water partition coefficient (Wildman–Crippen LogP) is 2.54. The van der Waals surface area contributed by atoms with Gasteiger partial charge in [0.25, 0.3) is 11.8 Å². The Morgan fingerprint density at radius 1 is 0.806 bits per heavy atom. The van der Waals surface area contributed by atoms with E-state index in [9.17, 15) is 9.59 Å². The SMILES string of the molecule is C[C@H](S[C@@H](C)C(=O)N/N=C\c1ccc(C#N)cc1)C(=O)N/N=C\c1ccc(C#N)cc1. The van der Waals surface area contributed by atoms with Crippen molar-refractivity contribution in [1.82, 2.24) is 10.9 Å². The number of carbonyl (C=O) groups excluding carboxylic acids is 2. The van der Waals surface area contributed by atoms with Crippen LogP contribution in [-0.2, 0) is 9.59 Å². The first-order chi connectivity index (χ1) is 14.9. The second-order valence-corrected chi connectivity index (χ2v) is 8.04. The van der Waals surface area contributed by atoms with E-state index in [0.717, 1.165) is 11.1 Å². The average molecular weight is 433 g/mol. The zero-order valence-electron chi connectivity index (χ0n) is 16.9. The molecule has 2 aromatic carbocycles. The highest BCUT2D eigenvalue weighted by molar-refractivity contribution is 8.01. The van der Waals surface area contributed by atoms with Gasteiger partial charge in [-0.1, -0.05) is 24.3 Å². The lowest BCUT2D eigenvalue weighted by atomic mass is 10.2. The summed E-state index contributed by atoms with van der Waals surface area (Å²) in [5, 5.41) is 24.3. The van der Waals surface area contributed by atoms with Gasteiger partial charge in [0.1, 0.15) is 0 Å². The molecule has 0 bridgehead atoms. The van der Waals surface area contributed by atoms with Gasteiger partial charge in [-0.3, -0.25) is 9.59 Å². The van der Waals surface area contributed by atoms with E-state index in [2.05, 4.69) is 21.1 Å². The molecule has 9 heteroatoms. The molecule has 0 unspecified atom stereocenters. The standard InChI is InChI=1S/C22H20N6O2S/c1-15(21(29)27-25-13-19-7-3-17(11-23)4-8-19)31-16(2)22(30)28-26-14-20-9-5-18(12-24)6-10-20/h3-10,13-16H,1-2H3,(H,27,29)(H,28,30)/b25-13-,26-14-/t15-,16-/m0/s1. The molecule has 0 heterocycles. The number of carbonyl (C=O) groups is 2. The predicted molar refractivity (Wildman–Crippen MR) is 120 cm³/mol. The highest BCUT2D eigenvalue weighted by atomic mass is 32.2. The Balaban J connectivity index is 1.77. The Hall–Kier alpha value is -3.95. The van der Waals surface area contributed by atoms with Gasteiger partial charge in [-0.05, 0) is 49.2 Å². The van der Waals surface area contributed by atoms with Crippen molar-refractivity contribution in [2.75, 3.05) is 0 Å². The fourth-order valence-corrected chi connectivity index (χ4v) is 3.20. The van der Waals surface area contributed by atoms with Crippen LogP contribution in [0.3, 0.4) is 0 Å². The molecule has 2 aromatic rings. The fraction of sp³-hybridized carbons (Fsp3) is 0.182. The van der Waals surface area contributed by atoms with Gasteiger partial charge in [0.15, 0.2) is 0 Å². The number of amides is 2. The topological polar surface area (TPSA) is 130 Å². The summed E-state index contributed by atoms with van der Waals surface area (Å²) in [5.41, 5.74) is 7.45. The van der Waals surface area contributed by atoms with E-state index < -0.39 is 10.5 Å². The molecule has 2 amide bonds. The van der Waals surface area contributed by atoms with Crippen molar-refractivity contribution in [2.24, 2.45) is 10.2 Å². The zero-order valence-corrected chi connectivity index (χ0v) is 17.8. The van der Waals surface area contributed by atoms with E-state index in [1.807, 2.05) is 12.1 Å². The number of hydrogen-bond acceptors (Lipinski definition) is 7. The van der Waals surface area contributed by atoms with Crippen LogP contribution < -0.4 is 10.9 Å². The van der Waals surface area contributed by atoms with E-state index in [4.69, 9.17) is 10.5 Å². The van der Waals surface area contributed by atoms with Gasteiger partial charge >= 0.3 is 0 Å². The number of nitriles is 2. The molecular formula is C22H20N6O2S. The Kier molecular flexibility index (Phi) is 8.96. The van der Waals surface area contributed by atoms with Crippen LogP contribution in [0.5, 0.6) is 0 Å². The van der Waals surface area contributed by atoms with Gasteiger partial charge in [0.2, 0.25) is 0 Å². The van der Waals surface area contributed by atoms with Crippen LogP contribution in [0.2, 0.25) is 0 Å². The minimum Gasteiger partial charge on any atom is -0.272 e. The van der Waals surface area contributed by atoms with E-state index >= 15 is 0 Å². The summed E-state index contributed by atoms with van der Waals surface area (Å²) in [6.45, 7) is 3.36. The maximum Gasteiger partial charge on any atom is 0.252 e. The fourth-order valence-electron chi connectivity index (χ4n) is 2.24. The molecular weight excluding hydrogens is 412 g/mol. The molecule has 156 valence electrons. The largest absolute Gasteiger partial charge is 0.272 e. The first-order valence-electron chi connectivity index (χ1n) is 9.24. The number of nitrogens with one attached hydrogen (secondary N) is 2. The van der Waals surface area contributed by atoms with Crippen molar-refractivity contribution in [3.05, 3.63) is 70.8 Å². The molecule has 0 fully saturated rings. The molecule has 0 saturated carbocycles. The number of nitrogens with zero attached hydrogens (tertiary/aromatic N) is 4. The second kappa shape index (κ2) is 11.9. The lowest BCUT2D eigenvalue weighted by Gasteiger charge is -2.14. The summed E-state index contributed by atoms with van der Waals surface area (Å²) in [6.07, 6.45) is 2.95. The number of benzene rings is 2. The highest BCUT2D eigenvalue weighted by Crippen LogP contribution is 2.17. The molecule has 0 aliphatic rings. The van der Waals surface area contributed by atoms with Crippen LogP contribution in [0.4, 0.5) is 0 Å². The Morgan fingerprint density at radius 2 is 1.16 bits per heavy atom. The molecule has 2 atom stereocenters. The number of hydrogen-bond donors (Lipinski definition) is 2. The maximum absolute atomic E-state index is 12.2. The monoisotopic (exact) mass is 432 g/mol. The van der Waals surface area contributed by atoms with Gasteiger partial charge in [-0.25, -0.2) is 10.9 Å². The molecule has 8 nitrogen and oxygen atoms in total. The summed E-state index contributed by atoms with van der Waals surface area (Å²) >= 11 is 1.17. The lowest BCUT2D eigenvalue weighted by Crippen LogP contribution is -2.33. The molecule has 0 saturated heterocycles. The van der Waals surface area contributed by atoms with Crippen LogP contribution >= 0.6 is 11.8 Å². The quantitative estimate of drug-likeness (QED) is 0.489. The smallest absolute Gasteiger partial charge is 0.252 e. The average Bonchev–Trinajstić information content (AvgIpc) is 2.79. The summed E-state index contributed by atoms with van der Waals surface area (Å²) < 4.78 is 0. The van der Waals surface area contributed by atoms with Crippen LogP contribution in [0.1, 0.15) is 36.1 Å². The third kappa shape index (κ3) is 7.77. The molecule has 0 aliphatic heterocycles. The van der Waals surface area contributed by atoms with Crippen LogP contribution in [0.15, 0.2) is 58.7 Å². The first kappa shape index (κ1) is 23.3. The minimum atomic E-state index is -0.513. The Morgan fingerprint density at radius 3 is 1.48 bits per heavy atom. The van der Waals surface area contributed by atoms with Crippen LogP contribution in [0.25, 0.3) is 0 Å². The highest BCUT2D eigenvalue weighted by Gasteiger charge is 2.21. The number of rotatable bonds is 8. The van der Waals surface area contributed by atoms with Crippen LogP contribution in [0, 0.1) is 22.7 Å². The molecule has 0 spiro atoms. The second-order valence-electron chi connectivity index (χ2n) is 6.36.